The minimum atomic E-state index is -4.72. The Morgan fingerprint density at radius 2 is 1.72 bits per heavy atom. The summed E-state index contributed by atoms with van der Waals surface area (Å²) in [4.78, 5) is 10.8. The Balaban J connectivity index is 2.80. The number of hydrogen-bond acceptors (Lipinski definition) is 2. The van der Waals surface area contributed by atoms with E-state index in [4.69, 9.17) is 5.11 Å². The second kappa shape index (κ2) is 5.29. The van der Waals surface area contributed by atoms with Crippen molar-refractivity contribution in [3.63, 3.8) is 0 Å². The Morgan fingerprint density at radius 3 is 2.11 bits per heavy atom. The van der Waals surface area contributed by atoms with E-state index in [-0.39, 0.29) is 11.7 Å². The Labute approximate surface area is 102 Å². The van der Waals surface area contributed by atoms with Crippen molar-refractivity contribution in [2.45, 2.75) is 26.1 Å². The normalized spacial score (nSPS) is 14.9. The predicted molar refractivity (Wildman–Crippen MR) is 58.3 cm³/mol. The molecule has 0 fully saturated rings. The molecular weight excluding hydrogens is 249 g/mol. The molecule has 2 unspecified atom stereocenters. The van der Waals surface area contributed by atoms with Gasteiger partial charge in [-0.3, -0.25) is 4.79 Å². The summed E-state index contributed by atoms with van der Waals surface area (Å²) in [5.74, 6) is -2.17. The molecule has 0 aliphatic heterocycles. The van der Waals surface area contributed by atoms with Gasteiger partial charge < -0.3 is 9.84 Å². The summed E-state index contributed by atoms with van der Waals surface area (Å²) in [6.07, 6.45) is -4.72. The first-order valence-corrected chi connectivity index (χ1v) is 5.29. The van der Waals surface area contributed by atoms with Crippen LogP contribution >= 0.6 is 0 Å². The zero-order valence-electron chi connectivity index (χ0n) is 9.86. The third-order valence-electron chi connectivity index (χ3n) is 2.78. The van der Waals surface area contributed by atoms with E-state index in [1.54, 1.807) is 13.8 Å². The van der Waals surface area contributed by atoms with E-state index in [1.165, 1.54) is 24.3 Å². The molecule has 0 bridgehead atoms. The van der Waals surface area contributed by atoms with Crippen molar-refractivity contribution >= 4 is 5.97 Å². The molecule has 0 spiro atoms. The van der Waals surface area contributed by atoms with Crippen LogP contribution in [-0.4, -0.2) is 17.4 Å². The number of rotatable bonds is 4. The van der Waals surface area contributed by atoms with Crippen molar-refractivity contribution in [3.05, 3.63) is 29.8 Å². The predicted octanol–water partition coefficient (Wildman–Crippen LogP) is 3.41. The van der Waals surface area contributed by atoms with E-state index >= 15 is 0 Å². The summed E-state index contributed by atoms with van der Waals surface area (Å²) in [6, 6.07) is 5.22. The summed E-state index contributed by atoms with van der Waals surface area (Å²) >= 11 is 0. The van der Waals surface area contributed by atoms with Crippen LogP contribution in [0.1, 0.15) is 25.3 Å². The van der Waals surface area contributed by atoms with Gasteiger partial charge in [0.1, 0.15) is 5.75 Å². The number of ether oxygens (including phenoxy) is 1. The highest BCUT2D eigenvalue weighted by atomic mass is 19.4. The molecule has 2 atom stereocenters. The highest BCUT2D eigenvalue weighted by molar-refractivity contribution is 5.70. The topological polar surface area (TPSA) is 46.5 Å². The van der Waals surface area contributed by atoms with Gasteiger partial charge in [0.2, 0.25) is 0 Å². The largest absolute Gasteiger partial charge is 0.573 e. The lowest BCUT2D eigenvalue weighted by Crippen LogP contribution is -2.18. The molecule has 1 rings (SSSR count). The van der Waals surface area contributed by atoms with Crippen molar-refractivity contribution in [2.24, 2.45) is 5.92 Å². The quantitative estimate of drug-likeness (QED) is 0.904. The van der Waals surface area contributed by atoms with Crippen molar-refractivity contribution < 1.29 is 27.8 Å². The van der Waals surface area contributed by atoms with Gasteiger partial charge in [-0.15, -0.1) is 13.2 Å². The summed E-state index contributed by atoms with van der Waals surface area (Å²) in [6.45, 7) is 3.26. The van der Waals surface area contributed by atoms with Crippen LogP contribution in [0.15, 0.2) is 24.3 Å². The molecular formula is C12H13F3O3. The number of carboxylic acids is 1. The third kappa shape index (κ3) is 3.94. The molecule has 1 aromatic carbocycles. The first kappa shape index (κ1) is 14.3. The molecule has 0 radical (unpaired) electrons. The summed E-state index contributed by atoms with van der Waals surface area (Å²) < 4.78 is 39.5. The van der Waals surface area contributed by atoms with Crippen molar-refractivity contribution in [2.75, 3.05) is 0 Å². The molecule has 100 valence electrons. The number of alkyl halides is 3. The van der Waals surface area contributed by atoms with E-state index in [1.807, 2.05) is 0 Å². The second-order valence-corrected chi connectivity index (χ2v) is 4.03. The number of hydrogen-bond donors (Lipinski definition) is 1. The Morgan fingerprint density at radius 1 is 1.22 bits per heavy atom. The standard InChI is InChI=1S/C12H13F3O3/c1-7(8(2)11(16)17)9-3-5-10(6-4-9)18-12(13,14)15/h3-8H,1-2H3,(H,16,17). The highest BCUT2D eigenvalue weighted by Crippen LogP contribution is 2.28. The molecule has 0 saturated heterocycles. The fourth-order valence-corrected chi connectivity index (χ4v) is 1.48. The van der Waals surface area contributed by atoms with Gasteiger partial charge in [0.15, 0.2) is 0 Å². The first-order chi connectivity index (χ1) is 8.20. The van der Waals surface area contributed by atoms with Crippen LogP contribution in [0.2, 0.25) is 0 Å². The zero-order valence-corrected chi connectivity index (χ0v) is 9.86. The van der Waals surface area contributed by atoms with E-state index < -0.39 is 18.2 Å². The Kier molecular flexibility index (Phi) is 4.21. The third-order valence-corrected chi connectivity index (χ3v) is 2.78. The molecule has 6 heteroatoms. The average molecular weight is 262 g/mol. The molecule has 0 heterocycles. The van der Waals surface area contributed by atoms with Crippen LogP contribution in [0.3, 0.4) is 0 Å². The van der Waals surface area contributed by atoms with Gasteiger partial charge in [0.05, 0.1) is 5.92 Å². The average Bonchev–Trinajstić information content (AvgIpc) is 2.26. The van der Waals surface area contributed by atoms with Crippen molar-refractivity contribution in [1.82, 2.24) is 0 Å². The maximum Gasteiger partial charge on any atom is 0.573 e. The van der Waals surface area contributed by atoms with Crippen LogP contribution in [0.25, 0.3) is 0 Å². The molecule has 0 amide bonds. The summed E-state index contributed by atoms with van der Waals surface area (Å²) in [5, 5.41) is 8.85. The number of carbonyl (C=O) groups is 1. The second-order valence-electron chi connectivity index (χ2n) is 4.03. The SMILES string of the molecule is CC(C(=O)O)C(C)c1ccc(OC(F)(F)F)cc1. The Bertz CT molecular complexity index is 412. The van der Waals surface area contributed by atoms with Gasteiger partial charge in [-0.2, -0.15) is 0 Å². The van der Waals surface area contributed by atoms with E-state index in [0.29, 0.717) is 5.56 Å². The molecule has 18 heavy (non-hydrogen) atoms. The molecule has 0 aliphatic carbocycles. The highest BCUT2D eigenvalue weighted by Gasteiger charge is 2.31. The van der Waals surface area contributed by atoms with Gasteiger partial charge >= 0.3 is 12.3 Å². The number of carboxylic acid groups (broad SMARTS) is 1. The van der Waals surface area contributed by atoms with E-state index in [2.05, 4.69) is 4.74 Å². The molecule has 0 saturated carbocycles. The summed E-state index contributed by atoms with van der Waals surface area (Å²) in [5.41, 5.74) is 0.652. The smallest absolute Gasteiger partial charge is 0.481 e. The number of aliphatic carboxylic acids is 1. The van der Waals surface area contributed by atoms with Crippen LogP contribution in [0, 0.1) is 5.92 Å². The van der Waals surface area contributed by atoms with Crippen LogP contribution in [0.5, 0.6) is 5.75 Å². The monoisotopic (exact) mass is 262 g/mol. The van der Waals surface area contributed by atoms with Crippen molar-refractivity contribution in [1.29, 1.82) is 0 Å². The molecule has 3 nitrogen and oxygen atoms in total. The fraction of sp³-hybridized carbons (Fsp3) is 0.417. The molecule has 0 aliphatic rings. The maximum atomic E-state index is 11.9. The summed E-state index contributed by atoms with van der Waals surface area (Å²) in [7, 11) is 0. The van der Waals surface area contributed by atoms with Crippen LogP contribution in [0.4, 0.5) is 13.2 Å². The first-order valence-electron chi connectivity index (χ1n) is 5.29. The van der Waals surface area contributed by atoms with Gasteiger partial charge in [-0.1, -0.05) is 26.0 Å². The van der Waals surface area contributed by atoms with E-state index in [0.717, 1.165) is 0 Å². The molecule has 0 aromatic heterocycles. The number of halogens is 3. The van der Waals surface area contributed by atoms with Crippen molar-refractivity contribution in [3.8, 4) is 5.75 Å². The van der Waals surface area contributed by atoms with Gasteiger partial charge in [-0.05, 0) is 23.6 Å². The minimum Gasteiger partial charge on any atom is -0.481 e. The lowest BCUT2D eigenvalue weighted by atomic mass is 9.89. The number of benzene rings is 1. The Hall–Kier alpha value is -1.72. The fourth-order valence-electron chi connectivity index (χ4n) is 1.48. The van der Waals surface area contributed by atoms with Gasteiger partial charge in [-0.25, -0.2) is 0 Å². The van der Waals surface area contributed by atoms with Crippen LogP contribution in [-0.2, 0) is 4.79 Å². The maximum absolute atomic E-state index is 11.9. The molecule has 1 N–H and O–H groups in total. The zero-order chi connectivity index (χ0) is 13.9. The van der Waals surface area contributed by atoms with Gasteiger partial charge in [0, 0.05) is 0 Å². The minimum absolute atomic E-state index is 0.289. The van der Waals surface area contributed by atoms with Gasteiger partial charge in [0.25, 0.3) is 0 Å². The lowest BCUT2D eigenvalue weighted by molar-refractivity contribution is -0.274. The van der Waals surface area contributed by atoms with Crippen LogP contribution < -0.4 is 4.74 Å². The molecule has 1 aromatic rings. The lowest BCUT2D eigenvalue weighted by Gasteiger charge is -2.17. The van der Waals surface area contributed by atoms with E-state index in [9.17, 15) is 18.0 Å².